The highest BCUT2D eigenvalue weighted by atomic mass is 32.2. The lowest BCUT2D eigenvalue weighted by molar-refractivity contribution is 0.199. The summed E-state index contributed by atoms with van der Waals surface area (Å²) in [5.41, 5.74) is 0. The summed E-state index contributed by atoms with van der Waals surface area (Å²) in [6.45, 7) is 4.38. The molecule has 70 valence electrons. The minimum absolute atomic E-state index is 0.434. The maximum Gasteiger partial charge on any atom is 0.136 e. The fraction of sp³-hybridized carbons (Fsp3) is 0.875. The third-order valence-electron chi connectivity index (χ3n) is 2.21. The lowest BCUT2D eigenvalue weighted by Crippen LogP contribution is -2.53. The molecule has 0 aromatic heterocycles. The lowest BCUT2D eigenvalue weighted by atomic mass is 10.3. The van der Waals surface area contributed by atoms with Crippen LogP contribution in [0.15, 0.2) is 0 Å². The van der Waals surface area contributed by atoms with E-state index in [0.717, 1.165) is 17.2 Å². The zero-order chi connectivity index (χ0) is 9.14. The van der Waals surface area contributed by atoms with Gasteiger partial charge in [0.1, 0.15) is 4.32 Å². The van der Waals surface area contributed by atoms with E-state index in [2.05, 4.69) is 31.1 Å². The monoisotopic (exact) mass is 204 g/mol. The third-order valence-corrected chi connectivity index (χ3v) is 3.89. The normalized spacial score (nSPS) is 31.8. The molecule has 0 aromatic rings. The fourth-order valence-corrected chi connectivity index (χ4v) is 2.84. The van der Waals surface area contributed by atoms with Crippen molar-refractivity contribution in [2.45, 2.75) is 38.2 Å². The second-order valence-corrected chi connectivity index (χ2v) is 4.86. The van der Waals surface area contributed by atoms with E-state index in [1.54, 1.807) is 11.8 Å². The van der Waals surface area contributed by atoms with E-state index < -0.39 is 0 Å². The topological polar surface area (TPSA) is 15.3 Å². The highest BCUT2D eigenvalue weighted by molar-refractivity contribution is 8.23. The molecule has 12 heavy (non-hydrogen) atoms. The van der Waals surface area contributed by atoms with E-state index in [9.17, 15) is 0 Å². The van der Waals surface area contributed by atoms with E-state index in [0.29, 0.717) is 11.5 Å². The molecule has 0 amide bonds. The smallest absolute Gasteiger partial charge is 0.136 e. The first kappa shape index (κ1) is 10.3. The number of rotatable bonds is 2. The zero-order valence-electron chi connectivity index (χ0n) is 7.83. The summed E-state index contributed by atoms with van der Waals surface area (Å²) in [7, 11) is 2.16. The Bertz CT molecular complexity index is 156. The largest absolute Gasteiger partial charge is 0.355 e. The van der Waals surface area contributed by atoms with Gasteiger partial charge in [-0.25, -0.2) is 0 Å². The Balaban J connectivity index is 2.61. The van der Waals surface area contributed by atoms with Crippen molar-refractivity contribution >= 4 is 28.3 Å². The summed E-state index contributed by atoms with van der Waals surface area (Å²) < 4.78 is 0.951. The van der Waals surface area contributed by atoms with Crippen molar-refractivity contribution in [3.63, 3.8) is 0 Å². The van der Waals surface area contributed by atoms with Gasteiger partial charge in [0.05, 0.1) is 11.5 Å². The summed E-state index contributed by atoms with van der Waals surface area (Å²) in [6, 6.07) is 0. The predicted octanol–water partition coefficient (Wildman–Crippen LogP) is 2.01. The quantitative estimate of drug-likeness (QED) is 0.692. The minimum atomic E-state index is 0.434. The van der Waals surface area contributed by atoms with Gasteiger partial charge < -0.3 is 5.32 Å². The van der Waals surface area contributed by atoms with Gasteiger partial charge in [-0.05, 0) is 19.9 Å². The lowest BCUT2D eigenvalue weighted by Gasteiger charge is -2.39. The Kier molecular flexibility index (Phi) is 3.80. The van der Waals surface area contributed by atoms with E-state index in [1.807, 2.05) is 0 Å². The Morgan fingerprint density at radius 2 is 2.17 bits per heavy atom. The molecule has 0 aromatic carbocycles. The van der Waals surface area contributed by atoms with Crippen LogP contribution >= 0.6 is 24.0 Å². The van der Waals surface area contributed by atoms with E-state index in [-0.39, 0.29) is 0 Å². The molecule has 1 heterocycles. The highest BCUT2D eigenvalue weighted by Crippen LogP contribution is 2.25. The van der Waals surface area contributed by atoms with Gasteiger partial charge >= 0.3 is 0 Å². The number of nitrogens with one attached hydrogen (secondary N) is 1. The summed E-state index contributed by atoms with van der Waals surface area (Å²) in [5, 5.41) is 3.86. The van der Waals surface area contributed by atoms with Crippen molar-refractivity contribution in [1.82, 2.24) is 10.2 Å². The standard InChI is InChI=1S/C8H16N2S2/c1-4-6-9-8(11)12-7(5-2)10(6)3/h6-7H,4-5H2,1-3H3,(H,9,11). The summed E-state index contributed by atoms with van der Waals surface area (Å²) in [5.74, 6) is 0. The number of nitrogens with zero attached hydrogens (tertiary/aromatic N) is 1. The summed E-state index contributed by atoms with van der Waals surface area (Å²) in [4.78, 5) is 2.36. The summed E-state index contributed by atoms with van der Waals surface area (Å²) >= 11 is 6.93. The number of hydrogen-bond acceptors (Lipinski definition) is 3. The average molecular weight is 204 g/mol. The molecule has 0 spiro atoms. The Hall–Kier alpha value is 0.200. The molecule has 0 saturated carbocycles. The first-order valence-corrected chi connectivity index (χ1v) is 5.66. The van der Waals surface area contributed by atoms with E-state index in [4.69, 9.17) is 12.2 Å². The maximum atomic E-state index is 5.17. The molecule has 2 unspecified atom stereocenters. The second kappa shape index (κ2) is 4.44. The van der Waals surface area contributed by atoms with Gasteiger partial charge in [-0.15, -0.1) is 0 Å². The van der Waals surface area contributed by atoms with Crippen LogP contribution < -0.4 is 5.32 Å². The number of hydrogen-bond donors (Lipinski definition) is 1. The van der Waals surface area contributed by atoms with Gasteiger partial charge in [0.25, 0.3) is 0 Å². The fourth-order valence-electron chi connectivity index (χ4n) is 1.44. The van der Waals surface area contributed by atoms with Crippen molar-refractivity contribution in [3.8, 4) is 0 Å². The molecule has 0 radical (unpaired) electrons. The van der Waals surface area contributed by atoms with E-state index >= 15 is 0 Å². The number of thioether (sulfide) groups is 1. The van der Waals surface area contributed by atoms with Crippen LogP contribution in [0, 0.1) is 0 Å². The van der Waals surface area contributed by atoms with Crippen LogP contribution in [0.1, 0.15) is 26.7 Å². The van der Waals surface area contributed by atoms with Gasteiger partial charge in [-0.3, -0.25) is 4.90 Å². The van der Waals surface area contributed by atoms with E-state index in [1.165, 1.54) is 0 Å². The van der Waals surface area contributed by atoms with Crippen LogP contribution in [-0.2, 0) is 0 Å². The molecule has 4 heteroatoms. The first-order chi connectivity index (χ1) is 5.69. The molecule has 2 atom stereocenters. The molecule has 0 bridgehead atoms. The van der Waals surface area contributed by atoms with Gasteiger partial charge in [-0.2, -0.15) is 0 Å². The molecular formula is C8H16N2S2. The SMILES string of the molecule is CCC1NC(=S)SC(CC)N1C. The Labute approximate surface area is 84.1 Å². The van der Waals surface area contributed by atoms with Gasteiger partial charge in [-0.1, -0.05) is 37.8 Å². The molecule has 2 nitrogen and oxygen atoms in total. The maximum absolute atomic E-state index is 5.17. The molecule has 1 N–H and O–H groups in total. The van der Waals surface area contributed by atoms with Crippen LogP contribution in [0.25, 0.3) is 0 Å². The molecule has 1 aliphatic rings. The van der Waals surface area contributed by atoms with Gasteiger partial charge in [0.15, 0.2) is 0 Å². The third kappa shape index (κ3) is 2.12. The van der Waals surface area contributed by atoms with Gasteiger partial charge in [0, 0.05) is 0 Å². The number of thiocarbonyl (C=S) groups is 1. The molecule has 0 aliphatic carbocycles. The molecule has 1 fully saturated rings. The highest BCUT2D eigenvalue weighted by Gasteiger charge is 2.27. The van der Waals surface area contributed by atoms with Crippen molar-refractivity contribution < 1.29 is 0 Å². The molecule has 1 rings (SSSR count). The molecule has 1 saturated heterocycles. The zero-order valence-corrected chi connectivity index (χ0v) is 9.47. The second-order valence-electron chi connectivity index (χ2n) is 3.00. The molecular weight excluding hydrogens is 188 g/mol. The van der Waals surface area contributed by atoms with Crippen LogP contribution in [0.5, 0.6) is 0 Å². The van der Waals surface area contributed by atoms with Crippen molar-refractivity contribution in [1.29, 1.82) is 0 Å². The van der Waals surface area contributed by atoms with Gasteiger partial charge in [0.2, 0.25) is 0 Å². The van der Waals surface area contributed by atoms with Crippen LogP contribution in [-0.4, -0.2) is 27.8 Å². The van der Waals surface area contributed by atoms with Crippen LogP contribution in [0.2, 0.25) is 0 Å². The Morgan fingerprint density at radius 3 is 2.67 bits per heavy atom. The average Bonchev–Trinajstić information content (AvgIpc) is 2.08. The van der Waals surface area contributed by atoms with Crippen molar-refractivity contribution in [2.24, 2.45) is 0 Å². The molecule has 1 aliphatic heterocycles. The van der Waals surface area contributed by atoms with Crippen molar-refractivity contribution in [2.75, 3.05) is 7.05 Å². The first-order valence-electron chi connectivity index (χ1n) is 4.38. The predicted molar refractivity (Wildman–Crippen MR) is 59.2 cm³/mol. The van der Waals surface area contributed by atoms with Crippen molar-refractivity contribution in [3.05, 3.63) is 0 Å². The van der Waals surface area contributed by atoms with Crippen LogP contribution in [0.4, 0.5) is 0 Å². The summed E-state index contributed by atoms with van der Waals surface area (Å²) in [6.07, 6.45) is 2.69. The Morgan fingerprint density at radius 1 is 1.50 bits per heavy atom. The minimum Gasteiger partial charge on any atom is -0.355 e. The van der Waals surface area contributed by atoms with Crippen LogP contribution in [0.3, 0.4) is 0 Å².